The molecule has 6 heterocycles. The molecule has 9 N–H and O–H groups in total. The monoisotopic (exact) mass is 1480 g/mol. The second-order valence-electron chi connectivity index (χ2n) is 30.5. The molecule has 0 aromatic rings. The van der Waals surface area contributed by atoms with E-state index >= 15 is 0 Å². The molecule has 6 rings (SSSR count). The van der Waals surface area contributed by atoms with Crippen LogP contribution < -0.4 is 0 Å². The smallest absolute Gasteiger partial charge is 0.306 e. The van der Waals surface area contributed by atoms with E-state index in [2.05, 4.69) is 20.8 Å². The highest BCUT2D eigenvalue weighted by Crippen LogP contribution is 2.40. The molecule has 0 spiro atoms. The molecule has 0 aromatic carbocycles. The highest BCUT2D eigenvalue weighted by atomic mass is 16.8. The second kappa shape index (κ2) is 49.7. The van der Waals surface area contributed by atoms with Crippen molar-refractivity contribution in [1.29, 1.82) is 0 Å². The summed E-state index contributed by atoms with van der Waals surface area (Å²) >= 11 is 0. The molecule has 26 atom stereocenters. The molecule has 6 saturated heterocycles. The minimum Gasteiger partial charge on any atom is -0.457 e. The van der Waals surface area contributed by atoms with Gasteiger partial charge in [0.05, 0.1) is 37.1 Å². The van der Waals surface area contributed by atoms with Crippen LogP contribution in [-0.2, 0) is 76.0 Å². The van der Waals surface area contributed by atoms with E-state index in [9.17, 15) is 60.3 Å². The Morgan fingerprint density at radius 2 is 0.796 bits per heavy atom. The summed E-state index contributed by atoms with van der Waals surface area (Å²) in [6.07, 6.45) is -1.39. The fourth-order valence-corrected chi connectivity index (χ4v) is 15.1. The summed E-state index contributed by atoms with van der Waals surface area (Å²) in [6, 6.07) is 0. The summed E-state index contributed by atoms with van der Waals surface area (Å²) in [6.45, 7) is 11.9. The molecule has 103 heavy (non-hydrogen) atoms. The molecule has 0 radical (unpaired) electrons. The number of carbonyl (C=O) groups excluding carboxylic acids is 3. The first-order chi connectivity index (χ1) is 49.7. The lowest BCUT2D eigenvalue weighted by atomic mass is 9.95. The van der Waals surface area contributed by atoms with E-state index in [-0.39, 0.29) is 25.4 Å². The molecule has 0 saturated carbocycles. The van der Waals surface area contributed by atoms with Crippen LogP contribution in [0.5, 0.6) is 0 Å². The van der Waals surface area contributed by atoms with Crippen LogP contribution in [-0.4, -0.2) is 230 Å². The van der Waals surface area contributed by atoms with Gasteiger partial charge in [-0.3, -0.25) is 14.4 Å². The lowest BCUT2D eigenvalue weighted by Crippen LogP contribution is -2.68. The number of carbonyl (C=O) groups is 3. The summed E-state index contributed by atoms with van der Waals surface area (Å²) in [5, 5.41) is 104. The average molecular weight is 1480 g/mol. The van der Waals surface area contributed by atoms with Gasteiger partial charge in [0, 0.05) is 19.3 Å². The molecule has 6 aliphatic heterocycles. The zero-order valence-corrected chi connectivity index (χ0v) is 63.8. The lowest BCUT2D eigenvalue weighted by Gasteiger charge is -2.51. The minimum atomic E-state index is -2.02. The molecule has 6 aliphatic rings. The summed E-state index contributed by atoms with van der Waals surface area (Å²) in [5.74, 6) is -2.05. The Kier molecular flexibility index (Phi) is 43.2. The fraction of sp³-hybridized carbons (Fsp3) is 0.962. The number of rotatable bonds is 41. The third kappa shape index (κ3) is 29.8. The van der Waals surface area contributed by atoms with Gasteiger partial charge >= 0.3 is 17.9 Å². The van der Waals surface area contributed by atoms with Crippen molar-refractivity contribution in [2.45, 2.75) is 471 Å². The molecule has 0 unspecified atom stereocenters. The van der Waals surface area contributed by atoms with E-state index in [0.29, 0.717) is 38.5 Å². The van der Waals surface area contributed by atoms with Gasteiger partial charge in [0.1, 0.15) is 79.4 Å². The van der Waals surface area contributed by atoms with Crippen LogP contribution in [0.3, 0.4) is 0 Å². The van der Waals surface area contributed by atoms with Crippen LogP contribution >= 0.6 is 0 Å². The zero-order valence-electron chi connectivity index (χ0n) is 63.8. The van der Waals surface area contributed by atoms with Crippen molar-refractivity contribution in [1.82, 2.24) is 0 Å². The summed E-state index contributed by atoms with van der Waals surface area (Å²) in [4.78, 5) is 41.9. The summed E-state index contributed by atoms with van der Waals surface area (Å²) < 4.78 is 83.1. The first-order valence-electron chi connectivity index (χ1n) is 40.9. The van der Waals surface area contributed by atoms with Crippen LogP contribution in [0.1, 0.15) is 312 Å². The van der Waals surface area contributed by atoms with Gasteiger partial charge in [-0.05, 0) is 59.8 Å². The van der Waals surface area contributed by atoms with Crippen molar-refractivity contribution in [2.75, 3.05) is 6.61 Å². The first kappa shape index (κ1) is 89.5. The SMILES string of the molecule is CCCCCCCCCCCCCCCC(=O)O[C@@H]1[C@@H](O[C@@H]2[C@@H](O)[C@H]3OC(=O)CCCCCCCCC[C@@H](CCCCC)O[C@@H]4O[C@@H](C)[C@H](O)[C@H](O)[C@@H]4O[C@H]3O[C@H]2C)O[C@@H](C)[C@H](O[C@H]2O[C@@H](C)[C@H](OC(=O)CCCCCCCCCCCCCCC)[C@@H](O)[C@@H]2O)[C@H]1O[C@H]1O[C@@H](CO)[C@H](O)[C@@H](O)[C@@H]1O. The van der Waals surface area contributed by atoms with Gasteiger partial charge in [-0.1, -0.05) is 233 Å². The number of hydrogen-bond donors (Lipinski definition) is 9. The van der Waals surface area contributed by atoms with Crippen LogP contribution in [0.4, 0.5) is 0 Å². The van der Waals surface area contributed by atoms with Gasteiger partial charge in [-0.2, -0.15) is 0 Å². The van der Waals surface area contributed by atoms with Gasteiger partial charge in [0.2, 0.25) is 0 Å². The largest absolute Gasteiger partial charge is 0.457 e. The number of fused-ring (bicyclic) bond motifs is 2. The second-order valence-corrected chi connectivity index (χ2v) is 30.5. The average Bonchev–Trinajstić information content (AvgIpc) is 0.764. The van der Waals surface area contributed by atoms with Gasteiger partial charge in [0.15, 0.2) is 49.8 Å². The van der Waals surface area contributed by atoms with Crippen molar-refractivity contribution in [3.05, 3.63) is 0 Å². The normalized spacial score (nSPS) is 36.7. The van der Waals surface area contributed by atoms with E-state index in [1.54, 1.807) is 6.92 Å². The number of hydrogen-bond acceptors (Lipinski definition) is 25. The Hall–Kier alpha value is -2.35. The van der Waals surface area contributed by atoms with Crippen molar-refractivity contribution in [2.24, 2.45) is 0 Å². The maximum atomic E-state index is 14.5. The predicted octanol–water partition coefficient (Wildman–Crippen LogP) is 10.3. The molecule has 0 amide bonds. The number of esters is 3. The topological polar surface area (TPSA) is 353 Å². The van der Waals surface area contributed by atoms with Gasteiger partial charge in [-0.15, -0.1) is 0 Å². The van der Waals surface area contributed by atoms with Crippen LogP contribution in [0.25, 0.3) is 0 Å². The molecule has 0 aliphatic carbocycles. The van der Waals surface area contributed by atoms with E-state index in [0.717, 1.165) is 109 Å². The van der Waals surface area contributed by atoms with Crippen molar-refractivity contribution in [3.8, 4) is 0 Å². The van der Waals surface area contributed by atoms with E-state index in [1.165, 1.54) is 117 Å². The molecular weight excluding hydrogens is 1340 g/mol. The third-order valence-corrected chi connectivity index (χ3v) is 21.7. The molecule has 0 aromatic heterocycles. The van der Waals surface area contributed by atoms with Gasteiger partial charge < -0.3 is 108 Å². The predicted molar refractivity (Wildman–Crippen MR) is 381 cm³/mol. The van der Waals surface area contributed by atoms with Crippen LogP contribution in [0.15, 0.2) is 0 Å². The van der Waals surface area contributed by atoms with E-state index in [1.807, 2.05) is 0 Å². The number of unbranched alkanes of at least 4 members (excludes halogenated alkanes) is 26. The Labute approximate surface area is 615 Å². The molecule has 25 nitrogen and oxygen atoms in total. The Balaban J connectivity index is 1.26. The Bertz CT molecular complexity index is 2250. The quantitative estimate of drug-likeness (QED) is 0.0156. The summed E-state index contributed by atoms with van der Waals surface area (Å²) in [5.41, 5.74) is 0. The minimum absolute atomic E-state index is 0.0347. The third-order valence-electron chi connectivity index (χ3n) is 21.7. The van der Waals surface area contributed by atoms with Crippen molar-refractivity contribution >= 4 is 17.9 Å². The van der Waals surface area contributed by atoms with Crippen molar-refractivity contribution < 1.29 is 122 Å². The maximum Gasteiger partial charge on any atom is 0.306 e. The highest BCUT2D eigenvalue weighted by molar-refractivity contribution is 5.70. The van der Waals surface area contributed by atoms with Gasteiger partial charge in [-0.25, -0.2) is 0 Å². The Morgan fingerprint density at radius 1 is 0.369 bits per heavy atom. The summed E-state index contributed by atoms with van der Waals surface area (Å²) in [7, 11) is 0. The first-order valence-corrected chi connectivity index (χ1v) is 40.9. The molecule has 6 fully saturated rings. The molecule has 25 heteroatoms. The van der Waals surface area contributed by atoms with Crippen LogP contribution in [0.2, 0.25) is 0 Å². The molecule has 602 valence electrons. The van der Waals surface area contributed by atoms with Crippen molar-refractivity contribution in [3.63, 3.8) is 0 Å². The number of ether oxygens (including phenoxy) is 13. The standard InChI is InChI=1S/C78H140O25/c1-8-11-14-16-18-20-22-24-26-28-32-36-41-46-56(80)97-67-51(5)92-74(65(89)63(67)87)101-69-53(7)94-78(73(72(69)103-75-64(88)61(85)60(84)55(49-79)96-75)99-58(82)48-43-37-33-29-27-25-23-21-19-17-15-12-9-2)100-68-52(6)93-77-71(66(68)90)98-57(81)47-42-38-34-30-31-35-40-45-54(44-39-13-10-3)95-76-70(102-77)62(86)59(83)50(4)91-76/h50-55,59-79,83-90H,8-49H2,1-7H3/t50-,51-,52-,53-,54+,55-,59-,60-,61+,62-,63-,64-,65-,66+,67-,68-,69-,70-,71+,72+,73-,74+,75+,76-,77+,78+/m0/s1. The number of aliphatic hydroxyl groups is 9. The maximum absolute atomic E-state index is 14.5. The van der Waals surface area contributed by atoms with Gasteiger partial charge in [0.25, 0.3) is 0 Å². The fourth-order valence-electron chi connectivity index (χ4n) is 15.1. The Morgan fingerprint density at radius 3 is 1.35 bits per heavy atom. The highest BCUT2D eigenvalue weighted by Gasteiger charge is 2.59. The lowest BCUT2D eigenvalue weighted by molar-refractivity contribution is -0.400. The van der Waals surface area contributed by atoms with E-state index in [4.69, 9.17) is 61.6 Å². The van der Waals surface area contributed by atoms with E-state index < -0.39 is 178 Å². The molecule has 0 bridgehead atoms. The molecular formula is C78H140O25. The van der Waals surface area contributed by atoms with Crippen LogP contribution in [0, 0.1) is 0 Å². The zero-order chi connectivity index (χ0) is 74.6. The number of aliphatic hydroxyl groups excluding tert-OH is 9.